The molecule has 0 atom stereocenters. The van der Waals surface area contributed by atoms with E-state index in [0.717, 1.165) is 56.7 Å². The Morgan fingerprint density at radius 2 is 1.31 bits per heavy atom. The van der Waals surface area contributed by atoms with Crippen LogP contribution in [0.25, 0.3) is 39.9 Å². The topological polar surface area (TPSA) is 32.3 Å². The highest BCUT2D eigenvalue weighted by Gasteiger charge is 2.23. The van der Waals surface area contributed by atoms with E-state index in [2.05, 4.69) is 195 Å². The highest BCUT2D eigenvalue weighted by atomic mass is 32.2. The number of thioether (sulfide) groups is 1. The molecule has 4 nitrogen and oxygen atoms in total. The minimum atomic E-state index is 0.629. The van der Waals surface area contributed by atoms with E-state index in [-0.39, 0.29) is 0 Å². The number of rotatable bonds is 9. The maximum atomic E-state index is 5.19. The molecule has 2 aliphatic heterocycles. The third-order valence-corrected chi connectivity index (χ3v) is 11.9. The summed E-state index contributed by atoms with van der Waals surface area (Å²) in [6.45, 7) is 20.7. The number of aromatic nitrogens is 2. The number of benzene rings is 6. The van der Waals surface area contributed by atoms with Crippen LogP contribution in [0, 0.1) is 6.92 Å². The Bertz CT molecular complexity index is 2980. The molecule has 0 unspecified atom stereocenters. The summed E-state index contributed by atoms with van der Waals surface area (Å²) < 4.78 is 0. The van der Waals surface area contributed by atoms with E-state index in [9.17, 15) is 0 Å². The van der Waals surface area contributed by atoms with Crippen molar-refractivity contribution in [3.8, 4) is 22.5 Å². The molecule has 0 radical (unpaired) electrons. The molecule has 0 saturated heterocycles. The lowest BCUT2D eigenvalue weighted by Gasteiger charge is -2.32. The van der Waals surface area contributed by atoms with Gasteiger partial charge in [-0.15, -0.1) is 0 Å². The summed E-state index contributed by atoms with van der Waals surface area (Å²) in [4.78, 5) is 17.5. The minimum Gasteiger partial charge on any atom is -0.336 e. The largest absolute Gasteiger partial charge is 0.336 e. The van der Waals surface area contributed by atoms with E-state index in [4.69, 9.17) is 9.97 Å². The van der Waals surface area contributed by atoms with Gasteiger partial charge in [0.15, 0.2) is 0 Å². The first-order valence-corrected chi connectivity index (χ1v) is 22.5. The van der Waals surface area contributed by atoms with Crippen LogP contribution in [-0.4, -0.2) is 16.5 Å². The van der Waals surface area contributed by atoms with E-state index in [1.165, 1.54) is 37.5 Å². The van der Waals surface area contributed by atoms with Crippen LogP contribution < -0.4 is 20.2 Å². The lowest BCUT2D eigenvalue weighted by molar-refractivity contribution is 1.04. The van der Waals surface area contributed by atoms with E-state index in [1.54, 1.807) is 12.2 Å². The van der Waals surface area contributed by atoms with Gasteiger partial charge in [-0.1, -0.05) is 215 Å². The summed E-state index contributed by atoms with van der Waals surface area (Å²) in [5.74, 6) is 0.629. The van der Waals surface area contributed by atoms with Crippen molar-refractivity contribution in [2.24, 2.45) is 0 Å². The number of fused-ring (bicyclic) bond motifs is 3. The highest BCUT2D eigenvalue weighted by molar-refractivity contribution is 8.03. The molecule has 0 amide bonds. The van der Waals surface area contributed by atoms with Gasteiger partial charge >= 0.3 is 0 Å². The van der Waals surface area contributed by atoms with Crippen LogP contribution in [0.5, 0.6) is 0 Å². The Kier molecular flexibility index (Phi) is 15.0. The number of hydrogen-bond acceptors (Lipinski definition) is 5. The van der Waals surface area contributed by atoms with E-state index in [1.807, 2.05) is 68.1 Å². The van der Waals surface area contributed by atoms with Gasteiger partial charge < -0.3 is 4.90 Å². The molecule has 9 rings (SSSR count). The highest BCUT2D eigenvalue weighted by Crippen LogP contribution is 2.44. The molecule has 0 bridgehead atoms. The Balaban J connectivity index is 0.000000223. The number of nitrogens with zero attached hydrogens (tertiary/aromatic N) is 4. The fourth-order valence-corrected chi connectivity index (χ4v) is 8.83. The second kappa shape index (κ2) is 21.6. The van der Waals surface area contributed by atoms with Gasteiger partial charge in [0.25, 0.3) is 0 Å². The third-order valence-electron chi connectivity index (χ3n) is 10.9. The predicted octanol–water partition coefficient (Wildman–Crippen LogP) is 14.6. The lowest BCUT2D eigenvalue weighted by atomic mass is 9.99. The van der Waals surface area contributed by atoms with Gasteiger partial charge in [0.2, 0.25) is 5.95 Å². The molecule has 1 aromatic heterocycles. The number of para-hydroxylation sites is 3. The number of aryl methyl sites for hydroxylation is 1. The van der Waals surface area contributed by atoms with Crippen LogP contribution >= 0.6 is 11.8 Å². The molecule has 0 spiro atoms. The molecule has 2 aliphatic rings. The second-order valence-electron chi connectivity index (χ2n) is 14.9. The molecule has 0 N–H and O–H groups in total. The SMILES string of the molecule is C=C/C=C(\C=C)c1ccc(-c2cc(-c3ccccc3)nc(N3C=c4ccccc4=C(C)c4cccc(C)c43)n2)cc1.C=C/C=C\C=C1/CN(c2ccccc2)c2ccccc2S1.CC. The van der Waals surface area contributed by atoms with Crippen LogP contribution in [0.3, 0.4) is 0 Å². The quantitative estimate of drug-likeness (QED) is 0.135. The Morgan fingerprint density at radius 1 is 0.656 bits per heavy atom. The van der Waals surface area contributed by atoms with Gasteiger partial charge in [-0.2, -0.15) is 0 Å². The van der Waals surface area contributed by atoms with Crippen molar-refractivity contribution in [2.45, 2.75) is 32.6 Å². The average molecular weight is 851 g/mol. The monoisotopic (exact) mass is 850 g/mol. The van der Waals surface area contributed by atoms with Crippen LogP contribution in [0.15, 0.2) is 230 Å². The zero-order valence-corrected chi connectivity index (χ0v) is 38.0. The first-order valence-electron chi connectivity index (χ1n) is 21.7. The maximum Gasteiger partial charge on any atom is 0.235 e. The summed E-state index contributed by atoms with van der Waals surface area (Å²) in [5, 5.41) is 2.34. The van der Waals surface area contributed by atoms with Crippen molar-refractivity contribution in [2.75, 3.05) is 16.3 Å². The lowest BCUT2D eigenvalue weighted by Crippen LogP contribution is -2.27. The number of hydrogen-bond donors (Lipinski definition) is 0. The molecule has 0 aliphatic carbocycles. The summed E-state index contributed by atoms with van der Waals surface area (Å²) in [5.41, 5.74) is 13.1. The molecule has 5 heteroatoms. The molecule has 7 aromatic rings. The van der Waals surface area contributed by atoms with Gasteiger partial charge in [-0.05, 0) is 76.9 Å². The van der Waals surface area contributed by atoms with Crippen LogP contribution in [-0.2, 0) is 0 Å². The van der Waals surface area contributed by atoms with E-state index < -0.39 is 0 Å². The Morgan fingerprint density at radius 3 is 2.02 bits per heavy atom. The van der Waals surface area contributed by atoms with Crippen LogP contribution in [0.1, 0.15) is 37.5 Å². The van der Waals surface area contributed by atoms with Crippen molar-refractivity contribution in [3.63, 3.8) is 0 Å². The summed E-state index contributed by atoms with van der Waals surface area (Å²) in [6.07, 6.45) is 15.7. The van der Waals surface area contributed by atoms with Crippen molar-refractivity contribution >= 4 is 52.1 Å². The van der Waals surface area contributed by atoms with Crippen molar-refractivity contribution < 1.29 is 0 Å². The van der Waals surface area contributed by atoms with E-state index >= 15 is 0 Å². The Labute approximate surface area is 383 Å². The standard InChI is InChI=1S/C38H31N3.C19H17NS.C2H6/c1-5-13-28(6-2)29-20-22-31(23-21-29)36-24-35(30-15-8-7-9-16-30)39-38(40-36)41-25-32-17-10-11-18-33(32)27(4)34-19-12-14-26(3)37(34)41;1-2-3-5-12-17-15-20(16-10-6-4-7-11-16)18-13-8-9-14-19(18)21-17;1-2/h5-25H,1-2H2,3-4H3;2-14H,1,15H2;1-2H3/b28-13+;5-3-,17-12+;. The van der Waals surface area contributed by atoms with Gasteiger partial charge in [-0.3, -0.25) is 4.90 Å². The minimum absolute atomic E-state index is 0.629. The molecular weight excluding hydrogens is 797 g/mol. The molecule has 6 aromatic carbocycles. The first-order chi connectivity index (χ1) is 31.4. The smallest absolute Gasteiger partial charge is 0.235 e. The van der Waals surface area contributed by atoms with Crippen molar-refractivity contribution in [3.05, 3.63) is 252 Å². The summed E-state index contributed by atoms with van der Waals surface area (Å²) in [6, 6.07) is 54.8. The fourth-order valence-electron chi connectivity index (χ4n) is 7.78. The average Bonchev–Trinajstić information content (AvgIpc) is 3.49. The summed E-state index contributed by atoms with van der Waals surface area (Å²) in [7, 11) is 0. The fraction of sp³-hybridized carbons (Fsp3) is 0.0847. The van der Waals surface area contributed by atoms with Crippen molar-refractivity contribution in [1.82, 2.24) is 9.97 Å². The van der Waals surface area contributed by atoms with Crippen LogP contribution in [0.2, 0.25) is 0 Å². The molecule has 0 saturated carbocycles. The Hall–Kier alpha value is -7.47. The number of anilines is 4. The van der Waals surface area contributed by atoms with Crippen LogP contribution in [0.4, 0.5) is 23.0 Å². The molecular formula is C59H54N4S. The normalized spacial score (nSPS) is 13.5. The van der Waals surface area contributed by atoms with Gasteiger partial charge in [0.05, 0.1) is 29.3 Å². The maximum absolute atomic E-state index is 5.19. The third kappa shape index (κ3) is 10.1. The number of allylic oxidation sites excluding steroid dienone is 8. The van der Waals surface area contributed by atoms with Crippen molar-refractivity contribution in [1.29, 1.82) is 0 Å². The molecule has 0 fully saturated rings. The molecule has 316 valence electrons. The van der Waals surface area contributed by atoms with Gasteiger partial charge in [0.1, 0.15) is 0 Å². The van der Waals surface area contributed by atoms with E-state index in [0.29, 0.717) is 5.95 Å². The zero-order valence-electron chi connectivity index (χ0n) is 37.2. The molecule has 64 heavy (non-hydrogen) atoms. The van der Waals surface area contributed by atoms with Gasteiger partial charge in [0, 0.05) is 38.4 Å². The second-order valence-corrected chi connectivity index (χ2v) is 16.0. The van der Waals surface area contributed by atoms with Gasteiger partial charge in [-0.25, -0.2) is 9.97 Å². The molecule has 3 heterocycles. The zero-order chi connectivity index (χ0) is 44.8. The first kappa shape index (κ1) is 44.6. The predicted molar refractivity (Wildman–Crippen MR) is 277 cm³/mol. The summed E-state index contributed by atoms with van der Waals surface area (Å²) >= 11 is 1.84.